The maximum absolute atomic E-state index is 10.9. The molecule has 0 aromatic carbocycles. The van der Waals surface area contributed by atoms with E-state index >= 15 is 0 Å². The van der Waals surface area contributed by atoms with Crippen molar-refractivity contribution < 1.29 is 5.11 Å². The van der Waals surface area contributed by atoms with Crippen molar-refractivity contribution in [1.82, 2.24) is 0 Å². The van der Waals surface area contributed by atoms with Gasteiger partial charge in [-0.1, -0.05) is 72.1 Å². The molecule has 10 atom stereocenters. The van der Waals surface area contributed by atoms with Gasteiger partial charge in [0.25, 0.3) is 0 Å². The van der Waals surface area contributed by atoms with Crippen LogP contribution in [0, 0.1) is 58.2 Å². The van der Waals surface area contributed by atoms with Gasteiger partial charge >= 0.3 is 0 Å². The van der Waals surface area contributed by atoms with E-state index in [-0.39, 0.29) is 6.10 Å². The third-order valence-corrected chi connectivity index (χ3v) is 11.7. The molecule has 32 heavy (non-hydrogen) atoms. The summed E-state index contributed by atoms with van der Waals surface area (Å²) in [5.41, 5.74) is 0.959. The lowest BCUT2D eigenvalue weighted by Crippen LogP contribution is -2.56. The summed E-state index contributed by atoms with van der Waals surface area (Å²) in [4.78, 5) is 0. The number of hydrogen-bond donors (Lipinski definition) is 1. The molecule has 4 aliphatic rings. The molecule has 0 aromatic heterocycles. The first-order valence-corrected chi connectivity index (χ1v) is 14.5. The van der Waals surface area contributed by atoms with Crippen molar-refractivity contribution in [3.05, 3.63) is 11.6 Å². The summed E-state index contributed by atoms with van der Waals surface area (Å²) >= 11 is 6.28. The van der Waals surface area contributed by atoms with Gasteiger partial charge in [-0.05, 0) is 116 Å². The molecule has 4 rings (SSSR count). The second kappa shape index (κ2) is 9.56. The number of fused-ring (bicyclic) bond motifs is 5. The standard InChI is InChI=1S/C30H51ClO/c1-19(2)8-7-9-20(3)24-12-13-25-22-10-11-26-23(18-21(4)31)28(32)15-17-30(26,6)27(22)14-16-29(24,25)5/h19-20,22-28,32H,4,7-18H2,1-3,5-6H3/t20-,22+,23?,24-,25+,26?,27+,28?,29-,30+/m1/s1. The summed E-state index contributed by atoms with van der Waals surface area (Å²) < 4.78 is 0. The highest BCUT2D eigenvalue weighted by Crippen LogP contribution is 2.69. The van der Waals surface area contributed by atoms with Gasteiger partial charge in [-0.15, -0.1) is 0 Å². The quantitative estimate of drug-likeness (QED) is 0.400. The molecule has 0 spiro atoms. The van der Waals surface area contributed by atoms with Crippen LogP contribution in [0.25, 0.3) is 0 Å². The van der Waals surface area contributed by atoms with Crippen LogP contribution in [0.15, 0.2) is 11.6 Å². The topological polar surface area (TPSA) is 20.2 Å². The highest BCUT2D eigenvalue weighted by atomic mass is 35.5. The van der Waals surface area contributed by atoms with E-state index in [4.69, 9.17) is 11.6 Å². The molecule has 0 aliphatic heterocycles. The predicted octanol–water partition coefficient (Wildman–Crippen LogP) is 8.84. The second-order valence-corrected chi connectivity index (χ2v) is 14.1. The van der Waals surface area contributed by atoms with Gasteiger partial charge in [0.1, 0.15) is 0 Å². The molecule has 4 saturated carbocycles. The molecule has 0 aromatic rings. The highest BCUT2D eigenvalue weighted by molar-refractivity contribution is 6.29. The molecule has 1 N–H and O–H groups in total. The van der Waals surface area contributed by atoms with Crippen molar-refractivity contribution in [2.75, 3.05) is 0 Å². The third kappa shape index (κ3) is 4.36. The lowest BCUT2D eigenvalue weighted by molar-refractivity contribution is -0.152. The fourth-order valence-corrected chi connectivity index (χ4v) is 10.2. The summed E-state index contributed by atoms with van der Waals surface area (Å²) in [7, 11) is 0. The molecule has 3 unspecified atom stereocenters. The normalized spacial score (nSPS) is 46.9. The lowest BCUT2D eigenvalue weighted by Gasteiger charge is -2.63. The molecule has 0 bridgehead atoms. The molecule has 0 saturated heterocycles. The molecule has 4 fully saturated rings. The lowest BCUT2D eigenvalue weighted by atomic mass is 9.43. The molecule has 184 valence electrons. The minimum absolute atomic E-state index is 0.184. The Morgan fingerprint density at radius 2 is 1.56 bits per heavy atom. The summed E-state index contributed by atoms with van der Waals surface area (Å²) in [5, 5.41) is 11.6. The Morgan fingerprint density at radius 1 is 0.906 bits per heavy atom. The van der Waals surface area contributed by atoms with Crippen LogP contribution in [0.4, 0.5) is 0 Å². The summed E-state index contributed by atoms with van der Waals surface area (Å²) in [5.74, 6) is 6.32. The average Bonchev–Trinajstić information content (AvgIpc) is 3.07. The van der Waals surface area contributed by atoms with Crippen molar-refractivity contribution in [3.8, 4) is 0 Å². The number of rotatable bonds is 7. The summed E-state index contributed by atoms with van der Waals surface area (Å²) in [6.07, 6.45) is 15.5. The molecular weight excluding hydrogens is 412 g/mol. The molecular formula is C30H51ClO. The number of aliphatic hydroxyl groups is 1. The molecule has 0 heterocycles. The maximum Gasteiger partial charge on any atom is 0.0575 e. The van der Waals surface area contributed by atoms with Gasteiger partial charge in [-0.2, -0.15) is 0 Å². The minimum atomic E-state index is -0.184. The molecule has 2 heteroatoms. The van der Waals surface area contributed by atoms with Crippen molar-refractivity contribution in [2.45, 2.75) is 118 Å². The van der Waals surface area contributed by atoms with E-state index in [1.54, 1.807) is 0 Å². The van der Waals surface area contributed by atoms with Gasteiger partial charge in [0, 0.05) is 5.03 Å². The fraction of sp³-hybridized carbons (Fsp3) is 0.933. The first-order valence-electron chi connectivity index (χ1n) is 14.1. The molecule has 1 nitrogen and oxygen atoms in total. The van der Waals surface area contributed by atoms with E-state index in [1.807, 2.05) is 0 Å². The van der Waals surface area contributed by atoms with Crippen LogP contribution in [0.5, 0.6) is 0 Å². The Labute approximate surface area is 204 Å². The number of hydrogen-bond acceptors (Lipinski definition) is 1. The van der Waals surface area contributed by atoms with E-state index in [0.29, 0.717) is 22.7 Å². The van der Waals surface area contributed by atoms with Crippen LogP contribution < -0.4 is 0 Å². The van der Waals surface area contributed by atoms with Crippen LogP contribution in [0.2, 0.25) is 0 Å². The van der Waals surface area contributed by atoms with Gasteiger partial charge in [0.2, 0.25) is 0 Å². The Hall–Kier alpha value is -0.0100. The van der Waals surface area contributed by atoms with Gasteiger partial charge < -0.3 is 5.11 Å². The highest BCUT2D eigenvalue weighted by Gasteiger charge is 2.61. The van der Waals surface area contributed by atoms with Crippen molar-refractivity contribution in [2.24, 2.45) is 58.2 Å². The van der Waals surface area contributed by atoms with E-state index in [9.17, 15) is 5.11 Å². The first kappa shape index (κ1) is 25.1. The zero-order chi connectivity index (χ0) is 23.3. The van der Waals surface area contributed by atoms with Crippen LogP contribution >= 0.6 is 11.6 Å². The molecule has 0 radical (unpaired) electrons. The number of allylic oxidation sites excluding steroid dienone is 1. The van der Waals surface area contributed by atoms with Crippen LogP contribution in [-0.4, -0.2) is 11.2 Å². The smallest absolute Gasteiger partial charge is 0.0575 e. The van der Waals surface area contributed by atoms with Gasteiger partial charge in [-0.25, -0.2) is 0 Å². The van der Waals surface area contributed by atoms with E-state index < -0.39 is 0 Å². The monoisotopic (exact) mass is 462 g/mol. The third-order valence-electron chi connectivity index (χ3n) is 11.6. The average molecular weight is 463 g/mol. The zero-order valence-electron chi connectivity index (χ0n) is 21.7. The minimum Gasteiger partial charge on any atom is -0.393 e. The Morgan fingerprint density at radius 3 is 2.25 bits per heavy atom. The van der Waals surface area contributed by atoms with E-state index in [2.05, 4.69) is 41.2 Å². The first-order chi connectivity index (χ1) is 15.1. The Balaban J connectivity index is 1.49. The Bertz CT molecular complexity index is 672. The molecule has 4 aliphatic carbocycles. The van der Waals surface area contributed by atoms with Crippen molar-refractivity contribution in [3.63, 3.8) is 0 Å². The van der Waals surface area contributed by atoms with E-state index in [1.165, 1.54) is 64.2 Å². The fourth-order valence-electron chi connectivity index (χ4n) is 10.1. The van der Waals surface area contributed by atoms with Gasteiger partial charge in [0.15, 0.2) is 0 Å². The maximum atomic E-state index is 10.9. The van der Waals surface area contributed by atoms with Crippen LogP contribution in [-0.2, 0) is 0 Å². The zero-order valence-corrected chi connectivity index (χ0v) is 22.5. The molecule has 0 amide bonds. The van der Waals surface area contributed by atoms with Crippen molar-refractivity contribution >= 4 is 11.6 Å². The Kier molecular flexibility index (Phi) is 7.50. The second-order valence-electron chi connectivity index (χ2n) is 13.6. The largest absolute Gasteiger partial charge is 0.393 e. The summed E-state index contributed by atoms with van der Waals surface area (Å²) in [6, 6.07) is 0. The predicted molar refractivity (Wildman–Crippen MR) is 138 cm³/mol. The summed E-state index contributed by atoms with van der Waals surface area (Å²) in [6.45, 7) is 16.6. The van der Waals surface area contributed by atoms with E-state index in [0.717, 1.165) is 53.4 Å². The SMILES string of the molecule is C=C(Cl)CC1C(O)CC[C@@]2(C)C1CC[C@H]1[C@@H]3CC[C@H]([C@H](C)CCCC(C)C)[C@@]3(C)CC[C@@H]12. The van der Waals surface area contributed by atoms with Crippen LogP contribution in [0.1, 0.15) is 112 Å². The van der Waals surface area contributed by atoms with Gasteiger partial charge in [-0.3, -0.25) is 0 Å². The van der Waals surface area contributed by atoms with Crippen molar-refractivity contribution in [1.29, 1.82) is 0 Å². The number of aliphatic hydroxyl groups excluding tert-OH is 1. The van der Waals surface area contributed by atoms with Crippen LogP contribution in [0.3, 0.4) is 0 Å². The van der Waals surface area contributed by atoms with Gasteiger partial charge in [0.05, 0.1) is 6.10 Å². The number of halogens is 1.